The van der Waals surface area contributed by atoms with E-state index < -0.39 is 0 Å². The van der Waals surface area contributed by atoms with Crippen molar-refractivity contribution in [2.24, 2.45) is 5.73 Å². The van der Waals surface area contributed by atoms with E-state index in [1.54, 1.807) is 30.2 Å². The normalized spacial score (nSPS) is 9.84. The monoisotopic (exact) mass is 282 g/mol. The number of carbonyl (C=O) groups is 1. The van der Waals surface area contributed by atoms with Crippen LogP contribution in [0.3, 0.4) is 0 Å². The Bertz CT molecular complexity index is 477. The van der Waals surface area contributed by atoms with Gasteiger partial charge in [0.15, 0.2) is 11.5 Å². The van der Waals surface area contributed by atoms with Crippen molar-refractivity contribution >= 4 is 23.1 Å². The van der Waals surface area contributed by atoms with Crippen molar-refractivity contribution in [2.75, 3.05) is 27.3 Å². The highest BCUT2D eigenvalue weighted by molar-refractivity contribution is 7.80. The number of rotatable bonds is 6. The lowest BCUT2D eigenvalue weighted by Gasteiger charge is -2.20. The van der Waals surface area contributed by atoms with Crippen LogP contribution in [0.15, 0.2) is 18.2 Å². The molecule has 5 nitrogen and oxygen atoms in total. The van der Waals surface area contributed by atoms with Crippen molar-refractivity contribution in [3.8, 4) is 11.5 Å². The second-order valence-corrected chi connectivity index (χ2v) is 4.38. The fourth-order valence-corrected chi connectivity index (χ4v) is 1.82. The minimum atomic E-state index is -0.142. The second kappa shape index (κ2) is 6.94. The molecular formula is C13H18N2O3S. The van der Waals surface area contributed by atoms with Gasteiger partial charge in [0, 0.05) is 12.1 Å². The summed E-state index contributed by atoms with van der Waals surface area (Å²) in [5, 5.41) is 0. The van der Waals surface area contributed by atoms with Gasteiger partial charge in [0.05, 0.1) is 25.8 Å². The topological polar surface area (TPSA) is 64.8 Å². The van der Waals surface area contributed by atoms with Crippen LogP contribution in [0.4, 0.5) is 0 Å². The molecule has 0 aliphatic carbocycles. The number of amides is 1. The predicted molar refractivity (Wildman–Crippen MR) is 77.9 cm³/mol. The summed E-state index contributed by atoms with van der Waals surface area (Å²) in [7, 11) is 3.07. The van der Waals surface area contributed by atoms with Crippen LogP contribution in [-0.2, 0) is 0 Å². The quantitative estimate of drug-likeness (QED) is 0.800. The molecule has 0 aromatic heterocycles. The molecule has 0 spiro atoms. The SMILES string of the molecule is CCN(CC(N)=S)C(=O)c1ccc(OC)c(OC)c1. The molecule has 0 heterocycles. The van der Waals surface area contributed by atoms with E-state index >= 15 is 0 Å². The van der Waals surface area contributed by atoms with E-state index in [1.807, 2.05) is 6.92 Å². The van der Waals surface area contributed by atoms with Gasteiger partial charge in [-0.15, -0.1) is 0 Å². The van der Waals surface area contributed by atoms with Crippen molar-refractivity contribution in [3.05, 3.63) is 23.8 Å². The van der Waals surface area contributed by atoms with Gasteiger partial charge in [-0.05, 0) is 25.1 Å². The van der Waals surface area contributed by atoms with Crippen LogP contribution >= 0.6 is 12.2 Å². The van der Waals surface area contributed by atoms with Crippen molar-refractivity contribution in [1.82, 2.24) is 4.90 Å². The Morgan fingerprint density at radius 2 is 1.95 bits per heavy atom. The van der Waals surface area contributed by atoms with Gasteiger partial charge >= 0.3 is 0 Å². The van der Waals surface area contributed by atoms with Crippen LogP contribution < -0.4 is 15.2 Å². The molecule has 104 valence electrons. The molecule has 0 bridgehead atoms. The molecule has 1 amide bonds. The fourth-order valence-electron chi connectivity index (χ4n) is 1.67. The molecule has 0 aliphatic rings. The number of benzene rings is 1. The molecule has 0 radical (unpaired) electrons. The first-order valence-corrected chi connectivity index (χ1v) is 6.23. The predicted octanol–water partition coefficient (Wildman–Crippen LogP) is 1.45. The van der Waals surface area contributed by atoms with Crippen LogP contribution in [0.25, 0.3) is 0 Å². The summed E-state index contributed by atoms with van der Waals surface area (Å²) in [6.07, 6.45) is 0. The molecule has 1 aromatic rings. The van der Waals surface area contributed by atoms with E-state index in [2.05, 4.69) is 0 Å². The van der Waals surface area contributed by atoms with Crippen molar-refractivity contribution < 1.29 is 14.3 Å². The molecule has 6 heteroatoms. The van der Waals surface area contributed by atoms with E-state index in [1.165, 1.54) is 7.11 Å². The van der Waals surface area contributed by atoms with E-state index in [0.29, 0.717) is 23.6 Å². The van der Waals surface area contributed by atoms with Gasteiger partial charge in [0.25, 0.3) is 5.91 Å². The molecule has 2 N–H and O–H groups in total. The average molecular weight is 282 g/mol. The number of thiocarbonyl (C=S) groups is 1. The number of methoxy groups -OCH3 is 2. The summed E-state index contributed by atoms with van der Waals surface area (Å²) in [6, 6.07) is 5.02. The molecule has 0 saturated carbocycles. The Morgan fingerprint density at radius 3 is 2.42 bits per heavy atom. The Hall–Kier alpha value is -1.82. The lowest BCUT2D eigenvalue weighted by molar-refractivity contribution is 0.0787. The Kier molecular flexibility index (Phi) is 5.57. The zero-order chi connectivity index (χ0) is 14.4. The van der Waals surface area contributed by atoms with Gasteiger partial charge in [-0.1, -0.05) is 12.2 Å². The number of carbonyl (C=O) groups excluding carboxylic acids is 1. The van der Waals surface area contributed by atoms with Gasteiger partial charge in [0.2, 0.25) is 0 Å². The third kappa shape index (κ3) is 3.82. The summed E-state index contributed by atoms with van der Waals surface area (Å²) >= 11 is 4.83. The number of hydrogen-bond donors (Lipinski definition) is 1. The number of hydrogen-bond acceptors (Lipinski definition) is 4. The highest BCUT2D eigenvalue weighted by Crippen LogP contribution is 2.27. The number of nitrogens with zero attached hydrogens (tertiary/aromatic N) is 1. The number of ether oxygens (including phenoxy) is 2. The molecule has 0 atom stereocenters. The molecule has 0 fully saturated rings. The van der Waals surface area contributed by atoms with E-state index in [0.717, 1.165) is 0 Å². The van der Waals surface area contributed by atoms with Crippen LogP contribution in [-0.4, -0.2) is 43.1 Å². The first-order chi connectivity index (χ1) is 9.03. The smallest absolute Gasteiger partial charge is 0.254 e. The molecule has 1 aromatic carbocycles. The standard InChI is InChI=1S/C13H18N2O3S/c1-4-15(8-12(14)19)13(16)9-5-6-10(17-2)11(7-9)18-3/h5-7H,4,8H2,1-3H3,(H2,14,19). The summed E-state index contributed by atoms with van der Waals surface area (Å²) in [5.74, 6) is 0.951. The number of nitrogens with two attached hydrogens (primary N) is 1. The third-order valence-corrected chi connectivity index (χ3v) is 2.78. The summed E-state index contributed by atoms with van der Waals surface area (Å²) in [5.41, 5.74) is 5.99. The summed E-state index contributed by atoms with van der Waals surface area (Å²) in [4.78, 5) is 14.2. The second-order valence-electron chi connectivity index (χ2n) is 3.86. The molecule has 0 saturated heterocycles. The number of likely N-dealkylation sites (N-methyl/N-ethyl adjacent to an activating group) is 1. The highest BCUT2D eigenvalue weighted by atomic mass is 32.1. The first-order valence-electron chi connectivity index (χ1n) is 5.83. The maximum absolute atomic E-state index is 12.3. The summed E-state index contributed by atoms with van der Waals surface area (Å²) < 4.78 is 10.3. The minimum Gasteiger partial charge on any atom is -0.493 e. The fraction of sp³-hybridized carbons (Fsp3) is 0.385. The Balaban J connectivity index is 3.01. The molecular weight excluding hydrogens is 264 g/mol. The van der Waals surface area contributed by atoms with E-state index in [9.17, 15) is 4.79 Å². The van der Waals surface area contributed by atoms with Crippen LogP contribution in [0.5, 0.6) is 11.5 Å². The highest BCUT2D eigenvalue weighted by Gasteiger charge is 2.16. The molecule has 1 rings (SSSR count). The van der Waals surface area contributed by atoms with Crippen LogP contribution in [0.2, 0.25) is 0 Å². The van der Waals surface area contributed by atoms with Crippen LogP contribution in [0.1, 0.15) is 17.3 Å². The lowest BCUT2D eigenvalue weighted by Crippen LogP contribution is -2.37. The lowest BCUT2D eigenvalue weighted by atomic mass is 10.1. The Labute approximate surface area is 118 Å². The zero-order valence-electron chi connectivity index (χ0n) is 11.3. The van der Waals surface area contributed by atoms with Gasteiger partial charge in [-0.3, -0.25) is 4.79 Å². The van der Waals surface area contributed by atoms with Crippen molar-refractivity contribution in [2.45, 2.75) is 6.92 Å². The maximum atomic E-state index is 12.3. The molecule has 0 unspecified atom stereocenters. The van der Waals surface area contributed by atoms with Crippen molar-refractivity contribution in [1.29, 1.82) is 0 Å². The van der Waals surface area contributed by atoms with E-state index in [-0.39, 0.29) is 17.4 Å². The molecule has 0 aliphatic heterocycles. The Morgan fingerprint density at radius 1 is 1.32 bits per heavy atom. The first kappa shape index (κ1) is 15.2. The van der Waals surface area contributed by atoms with Crippen molar-refractivity contribution in [3.63, 3.8) is 0 Å². The third-order valence-electron chi connectivity index (χ3n) is 2.65. The zero-order valence-corrected chi connectivity index (χ0v) is 12.1. The van der Waals surface area contributed by atoms with Gasteiger partial charge < -0.3 is 20.1 Å². The van der Waals surface area contributed by atoms with Crippen LogP contribution in [0, 0.1) is 0 Å². The maximum Gasteiger partial charge on any atom is 0.254 e. The molecule has 19 heavy (non-hydrogen) atoms. The summed E-state index contributed by atoms with van der Waals surface area (Å²) in [6.45, 7) is 2.67. The minimum absolute atomic E-state index is 0.142. The van der Waals surface area contributed by atoms with E-state index in [4.69, 9.17) is 27.4 Å². The average Bonchev–Trinajstić information content (AvgIpc) is 2.42. The van der Waals surface area contributed by atoms with Gasteiger partial charge in [0.1, 0.15) is 0 Å². The van der Waals surface area contributed by atoms with Gasteiger partial charge in [-0.25, -0.2) is 0 Å². The van der Waals surface area contributed by atoms with Gasteiger partial charge in [-0.2, -0.15) is 0 Å². The largest absolute Gasteiger partial charge is 0.493 e.